The minimum absolute atomic E-state index is 0.0631. The SMILES string of the molecule is Cc1ccc(F)c(C(CN)OCCCO)c1. The van der Waals surface area contributed by atoms with Crippen LogP contribution in [0.5, 0.6) is 0 Å². The third-order valence-corrected chi connectivity index (χ3v) is 2.33. The Labute approximate surface area is 95.0 Å². The first-order valence-electron chi connectivity index (χ1n) is 5.37. The molecule has 1 atom stereocenters. The van der Waals surface area contributed by atoms with Crippen LogP contribution in [0, 0.1) is 12.7 Å². The molecule has 0 saturated carbocycles. The van der Waals surface area contributed by atoms with Crippen molar-refractivity contribution in [1.29, 1.82) is 0 Å². The van der Waals surface area contributed by atoms with Gasteiger partial charge in [0.2, 0.25) is 0 Å². The number of hydrogen-bond acceptors (Lipinski definition) is 3. The van der Waals surface area contributed by atoms with E-state index in [-0.39, 0.29) is 19.0 Å². The molecule has 0 heterocycles. The normalized spacial score (nSPS) is 12.8. The first-order chi connectivity index (χ1) is 7.69. The molecule has 3 nitrogen and oxygen atoms in total. The molecule has 0 aliphatic carbocycles. The van der Waals surface area contributed by atoms with Crippen LogP contribution in [0.1, 0.15) is 23.7 Å². The van der Waals surface area contributed by atoms with Crippen LogP contribution >= 0.6 is 0 Å². The zero-order valence-electron chi connectivity index (χ0n) is 9.45. The summed E-state index contributed by atoms with van der Waals surface area (Å²) in [6.45, 7) is 2.56. The van der Waals surface area contributed by atoms with Gasteiger partial charge in [-0.15, -0.1) is 0 Å². The highest BCUT2D eigenvalue weighted by Gasteiger charge is 2.14. The summed E-state index contributed by atoms with van der Waals surface area (Å²) in [6, 6.07) is 4.87. The van der Waals surface area contributed by atoms with E-state index in [2.05, 4.69) is 0 Å². The van der Waals surface area contributed by atoms with Crippen LogP contribution in [-0.4, -0.2) is 24.9 Å². The van der Waals surface area contributed by atoms with Gasteiger partial charge in [-0.25, -0.2) is 4.39 Å². The predicted octanol–water partition coefficient (Wildman–Crippen LogP) is 1.53. The maximum absolute atomic E-state index is 13.5. The molecule has 0 saturated heterocycles. The maximum Gasteiger partial charge on any atom is 0.129 e. The van der Waals surface area contributed by atoms with Gasteiger partial charge in [-0.3, -0.25) is 0 Å². The number of aliphatic hydroxyl groups is 1. The van der Waals surface area contributed by atoms with E-state index in [9.17, 15) is 4.39 Å². The Morgan fingerprint density at radius 2 is 2.25 bits per heavy atom. The van der Waals surface area contributed by atoms with E-state index < -0.39 is 6.10 Å². The number of aliphatic hydroxyl groups excluding tert-OH is 1. The summed E-state index contributed by atoms with van der Waals surface area (Å²) in [5, 5.41) is 8.64. The number of hydrogen-bond donors (Lipinski definition) is 2. The summed E-state index contributed by atoms with van der Waals surface area (Å²) < 4.78 is 19.0. The number of rotatable bonds is 6. The molecule has 1 aromatic carbocycles. The Bertz CT molecular complexity index is 331. The zero-order chi connectivity index (χ0) is 12.0. The standard InChI is InChI=1S/C12H18FNO2/c1-9-3-4-11(13)10(7-9)12(8-14)16-6-2-5-15/h3-4,7,12,15H,2,5-6,8,14H2,1H3. The van der Waals surface area contributed by atoms with Gasteiger partial charge in [0, 0.05) is 25.3 Å². The van der Waals surface area contributed by atoms with Gasteiger partial charge in [0.25, 0.3) is 0 Å². The summed E-state index contributed by atoms with van der Waals surface area (Å²) in [7, 11) is 0. The van der Waals surface area contributed by atoms with Crippen LogP contribution in [0.15, 0.2) is 18.2 Å². The fourth-order valence-electron chi connectivity index (χ4n) is 1.48. The van der Waals surface area contributed by atoms with Gasteiger partial charge in [0.15, 0.2) is 0 Å². The molecule has 0 bridgehead atoms. The third kappa shape index (κ3) is 3.56. The molecule has 4 heteroatoms. The first-order valence-corrected chi connectivity index (χ1v) is 5.37. The molecule has 0 radical (unpaired) electrons. The Hall–Kier alpha value is -0.970. The topological polar surface area (TPSA) is 55.5 Å². The van der Waals surface area contributed by atoms with Gasteiger partial charge >= 0.3 is 0 Å². The monoisotopic (exact) mass is 227 g/mol. The molecule has 16 heavy (non-hydrogen) atoms. The van der Waals surface area contributed by atoms with Gasteiger partial charge in [0.1, 0.15) is 5.82 Å². The smallest absolute Gasteiger partial charge is 0.129 e. The van der Waals surface area contributed by atoms with E-state index in [1.165, 1.54) is 6.07 Å². The van der Waals surface area contributed by atoms with E-state index in [1.807, 2.05) is 6.92 Å². The Morgan fingerprint density at radius 3 is 2.88 bits per heavy atom. The quantitative estimate of drug-likeness (QED) is 0.725. The van der Waals surface area contributed by atoms with E-state index >= 15 is 0 Å². The van der Waals surface area contributed by atoms with Crippen molar-refractivity contribution in [1.82, 2.24) is 0 Å². The van der Waals surface area contributed by atoms with E-state index in [4.69, 9.17) is 15.6 Å². The van der Waals surface area contributed by atoms with Crippen molar-refractivity contribution >= 4 is 0 Å². The lowest BCUT2D eigenvalue weighted by atomic mass is 10.1. The lowest BCUT2D eigenvalue weighted by Gasteiger charge is -2.17. The van der Waals surface area contributed by atoms with Crippen molar-refractivity contribution in [2.45, 2.75) is 19.4 Å². The van der Waals surface area contributed by atoms with Crippen LogP contribution in [-0.2, 0) is 4.74 Å². The Morgan fingerprint density at radius 1 is 1.50 bits per heavy atom. The molecule has 90 valence electrons. The minimum Gasteiger partial charge on any atom is -0.396 e. The fraction of sp³-hybridized carbons (Fsp3) is 0.500. The van der Waals surface area contributed by atoms with Gasteiger partial charge in [-0.2, -0.15) is 0 Å². The van der Waals surface area contributed by atoms with Gasteiger partial charge < -0.3 is 15.6 Å². The lowest BCUT2D eigenvalue weighted by molar-refractivity contribution is 0.0467. The summed E-state index contributed by atoms with van der Waals surface area (Å²) >= 11 is 0. The molecule has 0 aliphatic rings. The highest BCUT2D eigenvalue weighted by molar-refractivity contribution is 5.26. The number of aryl methyl sites for hydroxylation is 1. The average molecular weight is 227 g/mol. The summed E-state index contributed by atoms with van der Waals surface area (Å²) in [5.41, 5.74) is 7.01. The number of ether oxygens (including phenoxy) is 1. The highest BCUT2D eigenvalue weighted by Crippen LogP contribution is 2.21. The summed E-state index contributed by atoms with van der Waals surface area (Å²) in [6.07, 6.45) is 0.0932. The van der Waals surface area contributed by atoms with E-state index in [0.29, 0.717) is 18.6 Å². The molecule has 0 amide bonds. The predicted molar refractivity (Wildman–Crippen MR) is 60.6 cm³/mol. The second-order valence-electron chi connectivity index (χ2n) is 3.70. The van der Waals surface area contributed by atoms with Gasteiger partial charge in [-0.05, 0) is 19.4 Å². The molecule has 0 aliphatic heterocycles. The second kappa shape index (κ2) is 6.58. The van der Waals surface area contributed by atoms with Crippen LogP contribution in [0.3, 0.4) is 0 Å². The number of benzene rings is 1. The van der Waals surface area contributed by atoms with E-state index in [1.54, 1.807) is 12.1 Å². The highest BCUT2D eigenvalue weighted by atomic mass is 19.1. The molecular weight excluding hydrogens is 209 g/mol. The third-order valence-electron chi connectivity index (χ3n) is 2.33. The van der Waals surface area contributed by atoms with Crippen LogP contribution in [0.4, 0.5) is 4.39 Å². The van der Waals surface area contributed by atoms with Crippen molar-refractivity contribution in [2.75, 3.05) is 19.8 Å². The number of nitrogens with two attached hydrogens (primary N) is 1. The van der Waals surface area contributed by atoms with Gasteiger partial charge in [0.05, 0.1) is 6.10 Å². The van der Waals surface area contributed by atoms with Crippen molar-refractivity contribution in [3.05, 3.63) is 35.1 Å². The van der Waals surface area contributed by atoms with Crippen molar-refractivity contribution in [3.8, 4) is 0 Å². The zero-order valence-corrected chi connectivity index (χ0v) is 9.45. The van der Waals surface area contributed by atoms with Crippen LogP contribution in [0.2, 0.25) is 0 Å². The van der Waals surface area contributed by atoms with Crippen molar-refractivity contribution in [3.63, 3.8) is 0 Å². The van der Waals surface area contributed by atoms with Crippen molar-refractivity contribution in [2.24, 2.45) is 5.73 Å². The summed E-state index contributed by atoms with van der Waals surface area (Å²) in [4.78, 5) is 0. The molecular formula is C12H18FNO2. The molecule has 1 aromatic rings. The first kappa shape index (κ1) is 13.1. The molecule has 0 fully saturated rings. The molecule has 0 spiro atoms. The van der Waals surface area contributed by atoms with Crippen LogP contribution in [0.25, 0.3) is 0 Å². The Kier molecular flexibility index (Phi) is 5.38. The fourth-order valence-corrected chi connectivity index (χ4v) is 1.48. The van der Waals surface area contributed by atoms with Gasteiger partial charge in [-0.1, -0.05) is 17.7 Å². The maximum atomic E-state index is 13.5. The van der Waals surface area contributed by atoms with Crippen molar-refractivity contribution < 1.29 is 14.2 Å². The summed E-state index contributed by atoms with van der Waals surface area (Å²) in [5.74, 6) is -0.301. The largest absolute Gasteiger partial charge is 0.396 e. The molecule has 1 unspecified atom stereocenters. The van der Waals surface area contributed by atoms with Crippen LogP contribution < -0.4 is 5.73 Å². The Balaban J connectivity index is 2.73. The lowest BCUT2D eigenvalue weighted by Crippen LogP contribution is -2.18. The molecule has 3 N–H and O–H groups in total. The second-order valence-corrected chi connectivity index (χ2v) is 3.70. The average Bonchev–Trinajstić information content (AvgIpc) is 2.28. The number of halogens is 1. The minimum atomic E-state index is -0.438. The van der Waals surface area contributed by atoms with E-state index in [0.717, 1.165) is 5.56 Å². The molecule has 1 rings (SSSR count). The molecule has 0 aromatic heterocycles.